The van der Waals surface area contributed by atoms with Crippen molar-refractivity contribution in [2.24, 2.45) is 4.99 Å². The van der Waals surface area contributed by atoms with Gasteiger partial charge in [0.15, 0.2) is 0 Å². The molecule has 0 bridgehead atoms. The highest BCUT2D eigenvalue weighted by Gasteiger charge is 2.33. The number of halogens is 3. The van der Waals surface area contributed by atoms with E-state index in [1.165, 1.54) is 18.3 Å². The molecule has 10 nitrogen and oxygen atoms in total. The third-order valence-electron chi connectivity index (χ3n) is 8.41. The first kappa shape index (κ1) is 31.8. The van der Waals surface area contributed by atoms with Crippen LogP contribution in [0.3, 0.4) is 0 Å². The van der Waals surface area contributed by atoms with Gasteiger partial charge in [-0.3, -0.25) is 19.9 Å². The van der Waals surface area contributed by atoms with E-state index in [1.807, 2.05) is 18.2 Å². The zero-order valence-corrected chi connectivity index (χ0v) is 26.7. The number of hydrogen-bond acceptors (Lipinski definition) is 10. The van der Waals surface area contributed by atoms with Gasteiger partial charge in [-0.2, -0.15) is 5.26 Å². The monoisotopic (exact) mass is 661 g/mol. The van der Waals surface area contributed by atoms with Crippen LogP contribution in [0.5, 0.6) is 0 Å². The van der Waals surface area contributed by atoms with Crippen LogP contribution in [0.2, 0.25) is 10.0 Å². The lowest BCUT2D eigenvalue weighted by Gasteiger charge is -2.42. The summed E-state index contributed by atoms with van der Waals surface area (Å²) in [5.74, 6) is -0.538. The molecule has 46 heavy (non-hydrogen) atoms. The fourth-order valence-electron chi connectivity index (χ4n) is 5.82. The summed E-state index contributed by atoms with van der Waals surface area (Å²) in [7, 11) is 1.71. The van der Waals surface area contributed by atoms with E-state index in [0.29, 0.717) is 50.6 Å². The molecule has 4 N–H and O–H groups in total. The molecule has 0 saturated carbocycles. The van der Waals surface area contributed by atoms with Crippen molar-refractivity contribution in [3.05, 3.63) is 94.2 Å². The molecule has 3 aliphatic heterocycles. The van der Waals surface area contributed by atoms with Crippen molar-refractivity contribution in [2.45, 2.75) is 31.0 Å². The van der Waals surface area contributed by atoms with Crippen LogP contribution in [0.4, 0.5) is 21.5 Å². The van der Waals surface area contributed by atoms with Gasteiger partial charge in [0.25, 0.3) is 0 Å². The second-order valence-electron chi connectivity index (χ2n) is 11.4. The first-order chi connectivity index (χ1) is 22.3. The Morgan fingerprint density at radius 1 is 1.20 bits per heavy atom. The molecule has 4 heterocycles. The van der Waals surface area contributed by atoms with Crippen LogP contribution in [-0.2, 0) is 4.74 Å². The molecule has 0 radical (unpaired) electrons. The van der Waals surface area contributed by atoms with Crippen LogP contribution in [0, 0.1) is 17.1 Å². The zero-order valence-electron chi connectivity index (χ0n) is 25.2. The van der Waals surface area contributed by atoms with E-state index in [9.17, 15) is 9.65 Å². The minimum absolute atomic E-state index is 0.0386. The van der Waals surface area contributed by atoms with Crippen molar-refractivity contribution in [2.75, 3.05) is 44.0 Å². The highest BCUT2D eigenvalue weighted by atomic mass is 35.5. The highest BCUT2D eigenvalue weighted by molar-refractivity contribution is 6.36. The Morgan fingerprint density at radius 2 is 1.98 bits per heavy atom. The van der Waals surface area contributed by atoms with E-state index in [1.54, 1.807) is 25.4 Å². The fourth-order valence-corrected chi connectivity index (χ4v) is 6.27. The molecular formula is C33H34Cl2FN9O. The topological polar surface area (TPSA) is 113 Å². The molecule has 0 amide bonds. The van der Waals surface area contributed by atoms with E-state index in [2.05, 4.69) is 60.3 Å². The second-order valence-corrected chi connectivity index (χ2v) is 12.2. The van der Waals surface area contributed by atoms with Gasteiger partial charge in [-0.1, -0.05) is 35.9 Å². The Balaban J connectivity index is 1.30. The number of ether oxygens (including phenoxy) is 1. The summed E-state index contributed by atoms with van der Waals surface area (Å²) < 4.78 is 19.2. The number of benzene rings is 2. The second kappa shape index (κ2) is 14.1. The van der Waals surface area contributed by atoms with Gasteiger partial charge in [0.2, 0.25) is 0 Å². The van der Waals surface area contributed by atoms with E-state index in [0.717, 1.165) is 50.4 Å². The van der Waals surface area contributed by atoms with Crippen molar-refractivity contribution >= 4 is 57.4 Å². The minimum Gasteiger partial charge on any atom is -0.378 e. The molecule has 0 unspecified atom stereocenters. The summed E-state index contributed by atoms with van der Waals surface area (Å²) in [4.78, 5) is 11.0. The number of nitrogens with one attached hydrogen (secondary N) is 4. The highest BCUT2D eigenvalue weighted by Crippen LogP contribution is 2.36. The zero-order chi connectivity index (χ0) is 32.2. The van der Waals surface area contributed by atoms with E-state index < -0.39 is 5.82 Å². The Morgan fingerprint density at radius 3 is 2.67 bits per heavy atom. The van der Waals surface area contributed by atoms with Crippen LogP contribution >= 0.6 is 23.2 Å². The van der Waals surface area contributed by atoms with Crippen molar-refractivity contribution < 1.29 is 9.13 Å². The number of nitriles is 1. The lowest BCUT2D eigenvalue weighted by atomic mass is 10.0. The first-order valence-corrected chi connectivity index (χ1v) is 15.7. The summed E-state index contributed by atoms with van der Waals surface area (Å²) in [6, 6.07) is 10.6. The number of hydrazine groups is 2. The van der Waals surface area contributed by atoms with Crippen molar-refractivity contribution in [1.82, 2.24) is 25.9 Å². The number of likely N-dealkylation sites (tertiary alicyclic amines) is 1. The van der Waals surface area contributed by atoms with E-state index in [4.69, 9.17) is 27.9 Å². The molecule has 0 spiro atoms. The maximum absolute atomic E-state index is 13.9. The largest absolute Gasteiger partial charge is 0.378 e. The number of anilines is 3. The smallest absolute Gasteiger partial charge is 0.141 e. The van der Waals surface area contributed by atoms with E-state index in [-0.39, 0.29) is 11.1 Å². The van der Waals surface area contributed by atoms with Gasteiger partial charge in [0, 0.05) is 61.6 Å². The maximum atomic E-state index is 13.9. The molecule has 3 aromatic rings. The van der Waals surface area contributed by atoms with Crippen LogP contribution in [0.25, 0.3) is 10.9 Å². The summed E-state index contributed by atoms with van der Waals surface area (Å²) in [6.07, 6.45) is 11.0. The van der Waals surface area contributed by atoms with Crippen LogP contribution in [0.1, 0.15) is 18.4 Å². The minimum atomic E-state index is -0.538. The quantitative estimate of drug-likeness (QED) is 0.155. The molecule has 2 fully saturated rings. The molecule has 6 rings (SSSR count). The lowest BCUT2D eigenvalue weighted by Crippen LogP contribution is -2.55. The number of rotatable bonds is 10. The average molecular weight is 663 g/mol. The first-order valence-electron chi connectivity index (χ1n) is 15.0. The third-order valence-corrected chi connectivity index (χ3v) is 8.99. The molecule has 1 aromatic heterocycles. The average Bonchev–Trinajstić information content (AvgIpc) is 3.51. The van der Waals surface area contributed by atoms with Crippen LogP contribution < -0.4 is 21.6 Å². The standard InChI is InChI=1S/C33H34Cl2FN9O/c1-20(4-3-9-38-2)31(30-17-45(43-42-30)24-7-10-44(11-8-24)25-18-46-19-25)41-23-12-26-32(40-22-5-6-29(36)27(34)13-22)21(15-37)16-39-33(26)28(35)14-23/h3-6,9,12-14,16-17,24-25,31,41-43H,1,7-8,10-11,18-19H2,2H3,(H,39,40)/b4-3-,38-9-/t31-/m0/s1. The normalized spacial score (nSPS) is 18.4. The molecular weight excluding hydrogens is 628 g/mol. The van der Waals surface area contributed by atoms with Crippen molar-refractivity contribution in [3.8, 4) is 6.07 Å². The fraction of sp³-hybridized carbons (Fsp3) is 0.303. The predicted molar refractivity (Wildman–Crippen MR) is 182 cm³/mol. The van der Waals surface area contributed by atoms with Gasteiger partial charge in [0.05, 0.1) is 57.8 Å². The Hall–Kier alpha value is -4.18. The van der Waals surface area contributed by atoms with Crippen LogP contribution in [0.15, 0.2) is 77.7 Å². The van der Waals surface area contributed by atoms with Gasteiger partial charge in [0.1, 0.15) is 11.9 Å². The van der Waals surface area contributed by atoms with Gasteiger partial charge in [-0.15, -0.1) is 5.53 Å². The summed E-state index contributed by atoms with van der Waals surface area (Å²) in [5, 5.41) is 19.8. The molecule has 13 heteroatoms. The maximum Gasteiger partial charge on any atom is 0.141 e. The molecule has 238 valence electrons. The van der Waals surface area contributed by atoms with Crippen LogP contribution in [-0.4, -0.2) is 72.6 Å². The molecule has 3 aliphatic rings. The van der Waals surface area contributed by atoms with Gasteiger partial charge in [-0.25, -0.2) is 4.39 Å². The Labute approximate surface area is 277 Å². The number of nitrogens with zero attached hydrogens (tertiary/aromatic N) is 5. The molecule has 0 aliphatic carbocycles. The number of allylic oxidation sites excluding steroid dienone is 1. The Kier molecular flexibility index (Phi) is 9.72. The SMILES string of the molecule is C=C(/C=C\C=N/C)[C@H](Nc1cc(Cl)c2ncc(C#N)c(Nc3ccc(F)c(Cl)c3)c2c1)C1=CN(C2CCN(C3COC3)CC2)NN1. The summed E-state index contributed by atoms with van der Waals surface area (Å²) in [5.41, 5.74) is 10.8. The summed E-state index contributed by atoms with van der Waals surface area (Å²) >= 11 is 12.8. The number of hydrogen-bond donors (Lipinski definition) is 4. The number of aromatic nitrogens is 1. The summed E-state index contributed by atoms with van der Waals surface area (Å²) in [6.45, 7) is 8.07. The van der Waals surface area contributed by atoms with Crippen molar-refractivity contribution in [1.29, 1.82) is 5.26 Å². The lowest BCUT2D eigenvalue weighted by molar-refractivity contribution is -0.0760. The van der Waals surface area contributed by atoms with Gasteiger partial charge < -0.3 is 20.8 Å². The Bertz CT molecular complexity index is 1760. The predicted octanol–water partition coefficient (Wildman–Crippen LogP) is 5.92. The number of pyridine rings is 1. The molecule has 1 atom stereocenters. The van der Waals surface area contributed by atoms with Crippen molar-refractivity contribution in [3.63, 3.8) is 0 Å². The van der Waals surface area contributed by atoms with E-state index >= 15 is 0 Å². The van der Waals surface area contributed by atoms with Gasteiger partial charge >= 0.3 is 0 Å². The van der Waals surface area contributed by atoms with Gasteiger partial charge in [-0.05, 0) is 54.8 Å². The molecule has 2 aromatic carbocycles. The number of piperidine rings is 1. The third kappa shape index (κ3) is 6.82. The number of fused-ring (bicyclic) bond motifs is 1. The molecule has 2 saturated heterocycles. The number of aliphatic imine (C=N–C) groups is 1.